The summed E-state index contributed by atoms with van der Waals surface area (Å²) < 4.78 is 11.1. The number of rotatable bonds is 4. The molecule has 0 aliphatic carbocycles. The zero-order valence-electron chi connectivity index (χ0n) is 13.1. The Labute approximate surface area is 136 Å². The monoisotopic (exact) mass is 309 g/mol. The predicted molar refractivity (Wildman–Crippen MR) is 87.8 cm³/mol. The molecule has 0 unspecified atom stereocenters. The first-order valence-corrected chi connectivity index (χ1v) is 7.71. The molecule has 1 fully saturated rings. The van der Waals surface area contributed by atoms with Gasteiger partial charge >= 0.3 is 0 Å². The quantitative estimate of drug-likeness (QED) is 0.869. The lowest BCUT2D eigenvalue weighted by atomic mass is 10.1. The van der Waals surface area contributed by atoms with Crippen LogP contribution in [0.1, 0.15) is 18.4 Å². The van der Waals surface area contributed by atoms with Gasteiger partial charge in [0, 0.05) is 32.0 Å². The first kappa shape index (κ1) is 15.2. The van der Waals surface area contributed by atoms with Crippen LogP contribution in [0.4, 0.5) is 5.69 Å². The van der Waals surface area contributed by atoms with Gasteiger partial charge in [-0.1, -0.05) is 12.1 Å². The van der Waals surface area contributed by atoms with Crippen LogP contribution < -0.4 is 14.4 Å². The molecule has 1 aliphatic heterocycles. The molecule has 0 amide bonds. The number of para-hydroxylation sites is 1. The van der Waals surface area contributed by atoms with E-state index in [9.17, 15) is 0 Å². The second-order valence-corrected chi connectivity index (χ2v) is 5.47. The normalized spacial score (nSPS) is 15.0. The van der Waals surface area contributed by atoms with Gasteiger partial charge in [-0.3, -0.25) is 0 Å². The molecule has 0 radical (unpaired) electrons. The van der Waals surface area contributed by atoms with Crippen molar-refractivity contribution in [3.8, 4) is 17.7 Å². The lowest BCUT2D eigenvalue weighted by Crippen LogP contribution is -2.38. The smallest absolute Gasteiger partial charge is 0.213 e. The molecular weight excluding hydrogens is 290 g/mol. The van der Waals surface area contributed by atoms with Gasteiger partial charge in [0.25, 0.3) is 0 Å². The van der Waals surface area contributed by atoms with Crippen LogP contribution in [0.2, 0.25) is 0 Å². The lowest BCUT2D eigenvalue weighted by molar-refractivity contribution is 0.170. The number of aromatic nitrogens is 1. The number of anilines is 1. The number of ether oxygens (including phenoxy) is 2. The summed E-state index contributed by atoms with van der Waals surface area (Å²) in [6.45, 7) is 1.82. The molecule has 3 rings (SSSR count). The maximum absolute atomic E-state index is 9.13. The lowest BCUT2D eigenvalue weighted by Gasteiger charge is -2.33. The number of piperidine rings is 1. The van der Waals surface area contributed by atoms with Gasteiger partial charge < -0.3 is 14.4 Å². The molecule has 23 heavy (non-hydrogen) atoms. The van der Waals surface area contributed by atoms with E-state index in [1.165, 1.54) is 0 Å². The highest BCUT2D eigenvalue weighted by Crippen LogP contribution is 2.25. The Bertz CT molecular complexity index is 686. The molecule has 118 valence electrons. The van der Waals surface area contributed by atoms with E-state index in [-0.39, 0.29) is 6.10 Å². The van der Waals surface area contributed by atoms with Gasteiger partial charge in [0.15, 0.2) is 0 Å². The number of nitrogens with zero attached hydrogens (tertiary/aromatic N) is 3. The van der Waals surface area contributed by atoms with Crippen molar-refractivity contribution in [2.45, 2.75) is 18.9 Å². The average molecular weight is 309 g/mol. The van der Waals surface area contributed by atoms with E-state index < -0.39 is 0 Å². The van der Waals surface area contributed by atoms with E-state index in [0.717, 1.165) is 31.6 Å². The van der Waals surface area contributed by atoms with Gasteiger partial charge in [-0.05, 0) is 18.2 Å². The molecule has 0 bridgehead atoms. The molecule has 5 heteroatoms. The summed E-state index contributed by atoms with van der Waals surface area (Å²) in [6.07, 6.45) is 3.83. The predicted octanol–water partition coefficient (Wildman–Crippen LogP) is 3.01. The van der Waals surface area contributed by atoms with Crippen molar-refractivity contribution >= 4 is 5.69 Å². The third-order valence-corrected chi connectivity index (χ3v) is 4.04. The van der Waals surface area contributed by atoms with E-state index in [2.05, 4.69) is 16.0 Å². The zero-order valence-corrected chi connectivity index (χ0v) is 13.1. The molecule has 0 saturated carbocycles. The molecule has 0 spiro atoms. The SMILES string of the molecule is COc1ccc(N2CCC(Oc3ccccc3C#N)CC2)cn1. The molecule has 1 saturated heterocycles. The molecular formula is C18H19N3O2. The van der Waals surface area contributed by atoms with E-state index in [1.807, 2.05) is 36.5 Å². The van der Waals surface area contributed by atoms with Gasteiger partial charge in [0.1, 0.15) is 17.9 Å². The molecule has 1 aromatic heterocycles. The number of hydrogen-bond acceptors (Lipinski definition) is 5. The first-order chi connectivity index (χ1) is 11.3. The molecule has 2 aromatic rings. The van der Waals surface area contributed by atoms with Gasteiger partial charge in [-0.2, -0.15) is 5.26 Å². The minimum Gasteiger partial charge on any atom is -0.489 e. The average Bonchev–Trinajstić information content (AvgIpc) is 2.63. The molecule has 5 nitrogen and oxygen atoms in total. The highest BCUT2D eigenvalue weighted by atomic mass is 16.5. The van der Waals surface area contributed by atoms with Crippen LogP contribution in [0.25, 0.3) is 0 Å². The van der Waals surface area contributed by atoms with Crippen LogP contribution >= 0.6 is 0 Å². The fourth-order valence-electron chi connectivity index (χ4n) is 2.75. The number of pyridine rings is 1. The first-order valence-electron chi connectivity index (χ1n) is 7.71. The van der Waals surface area contributed by atoms with E-state index in [4.69, 9.17) is 14.7 Å². The molecule has 2 heterocycles. The van der Waals surface area contributed by atoms with Crippen LogP contribution in [0, 0.1) is 11.3 Å². The molecule has 0 N–H and O–H groups in total. The molecule has 1 aromatic carbocycles. The standard InChI is InChI=1S/C18H19N3O2/c1-22-18-7-6-15(13-20-18)21-10-8-16(9-11-21)23-17-5-3-2-4-14(17)12-19/h2-7,13,16H,8-11H2,1H3. The Balaban J connectivity index is 1.59. The van der Waals surface area contributed by atoms with Gasteiger partial charge in [-0.15, -0.1) is 0 Å². The van der Waals surface area contributed by atoms with Crippen LogP contribution in [0.3, 0.4) is 0 Å². The molecule has 1 aliphatic rings. The Morgan fingerprint density at radius 1 is 1.17 bits per heavy atom. The summed E-state index contributed by atoms with van der Waals surface area (Å²) in [7, 11) is 1.61. The highest BCUT2D eigenvalue weighted by molar-refractivity contribution is 5.46. The van der Waals surface area contributed by atoms with E-state index in [0.29, 0.717) is 17.2 Å². The largest absolute Gasteiger partial charge is 0.489 e. The Kier molecular flexibility index (Phi) is 4.62. The minimum atomic E-state index is 0.145. The van der Waals surface area contributed by atoms with Gasteiger partial charge in [0.05, 0.1) is 24.6 Å². The molecule has 0 atom stereocenters. The number of benzene rings is 1. The summed E-state index contributed by atoms with van der Waals surface area (Å²) in [5.74, 6) is 1.31. The van der Waals surface area contributed by atoms with Crippen molar-refractivity contribution in [2.24, 2.45) is 0 Å². The second-order valence-electron chi connectivity index (χ2n) is 5.47. The summed E-state index contributed by atoms with van der Waals surface area (Å²) >= 11 is 0. The summed E-state index contributed by atoms with van der Waals surface area (Å²) in [4.78, 5) is 6.54. The summed E-state index contributed by atoms with van der Waals surface area (Å²) in [5.41, 5.74) is 1.69. The summed E-state index contributed by atoms with van der Waals surface area (Å²) in [6, 6.07) is 13.5. The Morgan fingerprint density at radius 3 is 2.61 bits per heavy atom. The zero-order chi connectivity index (χ0) is 16.1. The minimum absolute atomic E-state index is 0.145. The third kappa shape index (κ3) is 3.54. The van der Waals surface area contributed by atoms with Crippen molar-refractivity contribution in [3.05, 3.63) is 48.2 Å². The Hall–Kier alpha value is -2.74. The third-order valence-electron chi connectivity index (χ3n) is 4.04. The van der Waals surface area contributed by atoms with Crippen LogP contribution in [-0.2, 0) is 0 Å². The topological polar surface area (TPSA) is 58.4 Å². The van der Waals surface area contributed by atoms with Crippen molar-refractivity contribution in [2.75, 3.05) is 25.1 Å². The maximum Gasteiger partial charge on any atom is 0.213 e. The van der Waals surface area contributed by atoms with Crippen LogP contribution in [-0.4, -0.2) is 31.3 Å². The number of hydrogen-bond donors (Lipinski definition) is 0. The van der Waals surface area contributed by atoms with Gasteiger partial charge in [-0.25, -0.2) is 4.98 Å². The fourth-order valence-corrected chi connectivity index (χ4v) is 2.75. The van der Waals surface area contributed by atoms with Crippen molar-refractivity contribution in [1.82, 2.24) is 4.98 Å². The fraction of sp³-hybridized carbons (Fsp3) is 0.333. The van der Waals surface area contributed by atoms with Crippen LogP contribution in [0.5, 0.6) is 11.6 Å². The van der Waals surface area contributed by atoms with E-state index >= 15 is 0 Å². The van der Waals surface area contributed by atoms with Crippen molar-refractivity contribution < 1.29 is 9.47 Å². The van der Waals surface area contributed by atoms with Gasteiger partial charge in [0.2, 0.25) is 5.88 Å². The van der Waals surface area contributed by atoms with Crippen molar-refractivity contribution in [1.29, 1.82) is 5.26 Å². The maximum atomic E-state index is 9.13. The number of nitriles is 1. The second kappa shape index (κ2) is 7.01. The Morgan fingerprint density at radius 2 is 1.96 bits per heavy atom. The van der Waals surface area contributed by atoms with E-state index in [1.54, 1.807) is 13.2 Å². The number of methoxy groups -OCH3 is 1. The summed E-state index contributed by atoms with van der Waals surface area (Å²) in [5, 5.41) is 9.13. The van der Waals surface area contributed by atoms with Crippen LogP contribution in [0.15, 0.2) is 42.6 Å². The highest BCUT2D eigenvalue weighted by Gasteiger charge is 2.21. The van der Waals surface area contributed by atoms with Crippen molar-refractivity contribution in [3.63, 3.8) is 0 Å².